The highest BCUT2D eigenvalue weighted by atomic mass is 19.4. The summed E-state index contributed by atoms with van der Waals surface area (Å²) in [7, 11) is 0. The van der Waals surface area contributed by atoms with Gasteiger partial charge in [-0.15, -0.1) is 0 Å². The molecular weight excluding hydrogens is 295 g/mol. The fourth-order valence-corrected chi connectivity index (χ4v) is 2.43. The molecule has 0 fully saturated rings. The van der Waals surface area contributed by atoms with Gasteiger partial charge in [0.05, 0.1) is 17.6 Å². The highest BCUT2D eigenvalue weighted by Crippen LogP contribution is 2.22. The average Bonchev–Trinajstić information content (AvgIpc) is 2.80. The third-order valence-electron chi connectivity index (χ3n) is 3.30. The molecule has 7 heteroatoms. The Hall–Kier alpha value is -2.04. The Balaban J connectivity index is 2.27. The van der Waals surface area contributed by atoms with Crippen LogP contribution in [0.3, 0.4) is 0 Å². The first-order valence-corrected chi connectivity index (χ1v) is 6.83. The lowest BCUT2D eigenvalue weighted by molar-refractivity contribution is -0.147. The van der Waals surface area contributed by atoms with Gasteiger partial charge in [0.1, 0.15) is 6.07 Å². The lowest BCUT2D eigenvalue weighted by Crippen LogP contribution is -2.35. The quantitative estimate of drug-likeness (QED) is 0.892. The van der Waals surface area contributed by atoms with Crippen LogP contribution in [0.25, 0.3) is 5.52 Å². The van der Waals surface area contributed by atoms with Crippen LogP contribution in [0.2, 0.25) is 0 Å². The Morgan fingerprint density at radius 2 is 2.09 bits per heavy atom. The molecule has 0 unspecified atom stereocenters. The molecule has 2 aromatic heterocycles. The Morgan fingerprint density at radius 1 is 1.32 bits per heavy atom. The van der Waals surface area contributed by atoms with Gasteiger partial charge >= 0.3 is 6.18 Å². The second-order valence-electron chi connectivity index (χ2n) is 5.04. The minimum absolute atomic E-state index is 0.0179. The molecule has 0 bridgehead atoms. The largest absolute Gasteiger partial charge is 0.401 e. The average molecular weight is 311 g/mol. The molecule has 0 spiro atoms. The maximum absolute atomic E-state index is 12.6. The molecule has 22 heavy (non-hydrogen) atoms. The van der Waals surface area contributed by atoms with Crippen molar-refractivity contribution < 1.29 is 18.3 Å². The third-order valence-corrected chi connectivity index (χ3v) is 3.30. The van der Waals surface area contributed by atoms with Crippen LogP contribution in [0.5, 0.6) is 0 Å². The van der Waals surface area contributed by atoms with Gasteiger partial charge in [0.15, 0.2) is 0 Å². The van der Waals surface area contributed by atoms with Crippen LogP contribution < -0.4 is 0 Å². The summed E-state index contributed by atoms with van der Waals surface area (Å²) in [4.78, 5) is 1.20. The molecule has 2 rings (SSSR count). The molecule has 0 amide bonds. The number of fused-ring (bicyclic) bond motifs is 1. The fraction of sp³-hybridized carbons (Fsp3) is 0.400. The summed E-state index contributed by atoms with van der Waals surface area (Å²) in [5.74, 6) is 0. The molecular formula is C15H16F3N3O. The van der Waals surface area contributed by atoms with Crippen LogP contribution in [0.4, 0.5) is 13.2 Å². The van der Waals surface area contributed by atoms with E-state index in [0.29, 0.717) is 16.6 Å². The Morgan fingerprint density at radius 3 is 2.73 bits per heavy atom. The van der Waals surface area contributed by atoms with E-state index in [1.54, 1.807) is 35.0 Å². The minimum Gasteiger partial charge on any atom is -0.396 e. The van der Waals surface area contributed by atoms with Crippen molar-refractivity contribution in [3.8, 4) is 6.07 Å². The number of aliphatic hydroxyl groups is 1. The Kier molecular flexibility index (Phi) is 5.06. The lowest BCUT2D eigenvalue weighted by atomic mass is 10.1. The first-order chi connectivity index (χ1) is 10.4. The summed E-state index contributed by atoms with van der Waals surface area (Å²) in [6.45, 7) is -1.10. The van der Waals surface area contributed by atoms with Gasteiger partial charge in [-0.3, -0.25) is 4.90 Å². The predicted molar refractivity (Wildman–Crippen MR) is 75.1 cm³/mol. The summed E-state index contributed by atoms with van der Waals surface area (Å²) < 4.78 is 39.7. The predicted octanol–water partition coefficient (Wildman–Crippen LogP) is 2.56. The van der Waals surface area contributed by atoms with E-state index in [0.717, 1.165) is 0 Å². The van der Waals surface area contributed by atoms with Crippen LogP contribution in [0.15, 0.2) is 30.6 Å². The summed E-state index contributed by atoms with van der Waals surface area (Å²) in [6.07, 6.45) is -0.634. The summed E-state index contributed by atoms with van der Waals surface area (Å²) in [6, 6.07) is 7.38. The van der Waals surface area contributed by atoms with Crippen molar-refractivity contribution in [3.63, 3.8) is 0 Å². The van der Waals surface area contributed by atoms with Gasteiger partial charge < -0.3 is 9.51 Å². The Bertz CT molecular complexity index is 673. The van der Waals surface area contributed by atoms with Gasteiger partial charge in [-0.25, -0.2) is 0 Å². The van der Waals surface area contributed by atoms with Crippen LogP contribution >= 0.6 is 0 Å². The number of pyridine rings is 1. The number of nitriles is 1. The number of hydrogen-bond acceptors (Lipinski definition) is 3. The van der Waals surface area contributed by atoms with E-state index in [1.807, 2.05) is 0 Å². The third kappa shape index (κ3) is 4.00. The first-order valence-electron chi connectivity index (χ1n) is 6.83. The summed E-state index contributed by atoms with van der Waals surface area (Å²) in [5, 5.41) is 18.1. The molecule has 0 saturated carbocycles. The van der Waals surface area contributed by atoms with Crippen LogP contribution in [-0.4, -0.2) is 40.3 Å². The number of aromatic nitrogens is 1. The molecule has 0 atom stereocenters. The van der Waals surface area contributed by atoms with Crippen LogP contribution in [0, 0.1) is 11.3 Å². The van der Waals surface area contributed by atoms with E-state index in [4.69, 9.17) is 5.11 Å². The minimum atomic E-state index is -4.32. The van der Waals surface area contributed by atoms with E-state index in [-0.39, 0.29) is 26.1 Å². The van der Waals surface area contributed by atoms with Gasteiger partial charge in [0.2, 0.25) is 0 Å². The van der Waals surface area contributed by atoms with Crippen LogP contribution in [-0.2, 0) is 6.54 Å². The lowest BCUT2D eigenvalue weighted by Gasteiger charge is -2.23. The van der Waals surface area contributed by atoms with E-state index >= 15 is 0 Å². The Labute approximate surface area is 126 Å². The van der Waals surface area contributed by atoms with Crippen molar-refractivity contribution in [1.29, 1.82) is 5.26 Å². The second kappa shape index (κ2) is 6.81. The van der Waals surface area contributed by atoms with Crippen molar-refractivity contribution in [2.45, 2.75) is 19.1 Å². The zero-order chi connectivity index (χ0) is 16.2. The molecule has 0 aliphatic carbocycles. The topological polar surface area (TPSA) is 51.7 Å². The van der Waals surface area contributed by atoms with Gasteiger partial charge in [0, 0.05) is 37.7 Å². The maximum atomic E-state index is 12.6. The zero-order valence-corrected chi connectivity index (χ0v) is 11.8. The molecule has 4 nitrogen and oxygen atoms in total. The highest BCUT2D eigenvalue weighted by Gasteiger charge is 2.31. The first kappa shape index (κ1) is 16.3. The van der Waals surface area contributed by atoms with Gasteiger partial charge in [-0.05, 0) is 18.6 Å². The smallest absolute Gasteiger partial charge is 0.396 e. The molecule has 2 aromatic rings. The number of hydrogen-bond donors (Lipinski definition) is 1. The monoisotopic (exact) mass is 311 g/mol. The molecule has 0 radical (unpaired) electrons. The number of aliphatic hydroxyl groups excluding tert-OH is 1. The molecule has 0 saturated heterocycles. The SMILES string of the molecule is N#Cc1c(CN(CCCO)CC(F)(F)F)cn2ccccc12. The van der Waals surface area contributed by atoms with Gasteiger partial charge in [0.25, 0.3) is 0 Å². The molecule has 118 valence electrons. The number of rotatable bonds is 6. The van der Waals surface area contributed by atoms with Gasteiger partial charge in [-0.1, -0.05) is 6.07 Å². The van der Waals surface area contributed by atoms with Crippen LogP contribution in [0.1, 0.15) is 17.5 Å². The van der Waals surface area contributed by atoms with Gasteiger partial charge in [-0.2, -0.15) is 18.4 Å². The van der Waals surface area contributed by atoms with E-state index in [1.165, 1.54) is 4.90 Å². The van der Waals surface area contributed by atoms with E-state index in [2.05, 4.69) is 6.07 Å². The number of nitrogens with zero attached hydrogens (tertiary/aromatic N) is 3. The standard InChI is InChI=1S/C15H16F3N3O/c16-15(17,18)11-20(5-3-7-22)9-12-10-21-6-2-1-4-14(21)13(12)8-19/h1-2,4,6,10,22H,3,5,7,9,11H2. The number of alkyl halides is 3. The molecule has 1 N–H and O–H groups in total. The van der Waals surface area contributed by atoms with Crippen molar-refractivity contribution >= 4 is 5.52 Å². The summed E-state index contributed by atoms with van der Waals surface area (Å²) in [5.41, 5.74) is 1.61. The number of halogens is 3. The molecule has 2 heterocycles. The van der Waals surface area contributed by atoms with Crippen molar-refractivity contribution in [2.75, 3.05) is 19.7 Å². The molecule has 0 aliphatic rings. The van der Waals surface area contributed by atoms with Crippen molar-refractivity contribution in [2.24, 2.45) is 0 Å². The van der Waals surface area contributed by atoms with E-state index < -0.39 is 12.7 Å². The fourth-order valence-electron chi connectivity index (χ4n) is 2.43. The second-order valence-corrected chi connectivity index (χ2v) is 5.04. The summed E-state index contributed by atoms with van der Waals surface area (Å²) >= 11 is 0. The maximum Gasteiger partial charge on any atom is 0.401 e. The molecule has 0 aromatic carbocycles. The highest BCUT2D eigenvalue weighted by molar-refractivity contribution is 5.65. The van der Waals surface area contributed by atoms with Crippen molar-refractivity contribution in [1.82, 2.24) is 9.30 Å². The normalized spacial score (nSPS) is 12.0. The molecule has 0 aliphatic heterocycles. The van der Waals surface area contributed by atoms with E-state index in [9.17, 15) is 18.4 Å². The zero-order valence-electron chi connectivity index (χ0n) is 11.8. The van der Waals surface area contributed by atoms with Crippen molar-refractivity contribution in [3.05, 3.63) is 41.7 Å².